The molecule has 1 aromatic carbocycles. The highest BCUT2D eigenvalue weighted by Crippen LogP contribution is 2.28. The van der Waals surface area contributed by atoms with Gasteiger partial charge < -0.3 is 4.74 Å². The third-order valence-electron chi connectivity index (χ3n) is 3.10. The van der Waals surface area contributed by atoms with Crippen LogP contribution in [0.5, 0.6) is 5.75 Å². The number of nitrogens with two attached hydrogens (primary N) is 2. The van der Waals surface area contributed by atoms with Gasteiger partial charge in [0.05, 0.1) is 17.6 Å². The minimum atomic E-state index is -0.552. The standard InChI is InChI=1S/C14H17BrN6O2/c1-9-13(6-18-8-19-9)23-7-10-11(15)4-3-5-12(10)21(17)14(22)20(2)16/h3-6,8H,7,16-17H2,1-2H3. The van der Waals surface area contributed by atoms with Crippen LogP contribution in [0.3, 0.4) is 0 Å². The molecule has 23 heavy (non-hydrogen) atoms. The molecular formula is C14H17BrN6O2. The van der Waals surface area contributed by atoms with E-state index in [9.17, 15) is 4.79 Å². The maximum Gasteiger partial charge on any atom is 0.352 e. The summed E-state index contributed by atoms with van der Waals surface area (Å²) in [5.74, 6) is 11.9. The van der Waals surface area contributed by atoms with Gasteiger partial charge in [-0.15, -0.1) is 0 Å². The summed E-state index contributed by atoms with van der Waals surface area (Å²) in [4.78, 5) is 20.0. The molecule has 0 spiro atoms. The van der Waals surface area contributed by atoms with Crippen molar-refractivity contribution in [2.24, 2.45) is 11.7 Å². The van der Waals surface area contributed by atoms with Crippen molar-refractivity contribution in [2.45, 2.75) is 13.5 Å². The van der Waals surface area contributed by atoms with Crippen molar-refractivity contribution < 1.29 is 9.53 Å². The van der Waals surface area contributed by atoms with E-state index in [1.807, 2.05) is 13.0 Å². The first-order valence-corrected chi connectivity index (χ1v) is 7.45. The molecule has 0 atom stereocenters. The van der Waals surface area contributed by atoms with E-state index in [4.69, 9.17) is 16.4 Å². The van der Waals surface area contributed by atoms with E-state index in [1.54, 1.807) is 18.3 Å². The summed E-state index contributed by atoms with van der Waals surface area (Å²) in [5, 5.41) is 1.87. The summed E-state index contributed by atoms with van der Waals surface area (Å²) in [6.07, 6.45) is 3.03. The Hall–Kier alpha value is -2.23. The Kier molecular flexibility index (Phi) is 5.48. The summed E-state index contributed by atoms with van der Waals surface area (Å²) in [5.41, 5.74) is 1.90. The monoisotopic (exact) mass is 380 g/mol. The van der Waals surface area contributed by atoms with Crippen LogP contribution >= 0.6 is 15.9 Å². The molecule has 9 heteroatoms. The van der Waals surface area contributed by atoms with Crippen LogP contribution in [0.4, 0.5) is 10.5 Å². The molecule has 1 aromatic heterocycles. The molecule has 0 radical (unpaired) electrons. The quantitative estimate of drug-likeness (QED) is 0.474. The van der Waals surface area contributed by atoms with Crippen molar-refractivity contribution >= 4 is 27.6 Å². The molecule has 0 saturated carbocycles. The molecular weight excluding hydrogens is 364 g/mol. The Morgan fingerprint density at radius 1 is 1.39 bits per heavy atom. The van der Waals surface area contributed by atoms with E-state index in [0.717, 1.165) is 20.2 Å². The average molecular weight is 381 g/mol. The molecule has 0 bridgehead atoms. The lowest BCUT2D eigenvalue weighted by molar-refractivity contribution is 0.216. The Morgan fingerprint density at radius 2 is 2.13 bits per heavy atom. The van der Waals surface area contributed by atoms with Crippen molar-refractivity contribution in [1.29, 1.82) is 0 Å². The summed E-state index contributed by atoms with van der Waals surface area (Å²) >= 11 is 3.44. The highest BCUT2D eigenvalue weighted by molar-refractivity contribution is 9.10. The highest BCUT2D eigenvalue weighted by Gasteiger charge is 2.19. The second-order valence-electron chi connectivity index (χ2n) is 4.76. The van der Waals surface area contributed by atoms with Crippen LogP contribution in [0.2, 0.25) is 0 Å². The first kappa shape index (κ1) is 17.1. The van der Waals surface area contributed by atoms with E-state index in [1.165, 1.54) is 13.4 Å². The number of carbonyl (C=O) groups is 1. The molecule has 0 fully saturated rings. The number of aryl methyl sites for hydroxylation is 1. The van der Waals surface area contributed by atoms with Crippen LogP contribution in [-0.4, -0.2) is 28.1 Å². The summed E-state index contributed by atoms with van der Waals surface area (Å²) in [6, 6.07) is 4.76. The lowest BCUT2D eigenvalue weighted by atomic mass is 10.2. The lowest BCUT2D eigenvalue weighted by Gasteiger charge is -2.23. The van der Waals surface area contributed by atoms with Gasteiger partial charge in [0, 0.05) is 17.1 Å². The van der Waals surface area contributed by atoms with Crippen LogP contribution in [0.15, 0.2) is 35.2 Å². The predicted octanol–water partition coefficient (Wildman–Crippen LogP) is 1.73. The van der Waals surface area contributed by atoms with Gasteiger partial charge in [0.1, 0.15) is 12.9 Å². The van der Waals surface area contributed by atoms with Gasteiger partial charge in [0.25, 0.3) is 0 Å². The van der Waals surface area contributed by atoms with Gasteiger partial charge in [0.15, 0.2) is 5.75 Å². The number of amides is 2. The van der Waals surface area contributed by atoms with Gasteiger partial charge in [-0.2, -0.15) is 0 Å². The van der Waals surface area contributed by atoms with Gasteiger partial charge in [-0.25, -0.2) is 31.5 Å². The number of benzene rings is 1. The van der Waals surface area contributed by atoms with Crippen LogP contribution in [-0.2, 0) is 6.61 Å². The fraction of sp³-hybridized carbons (Fsp3) is 0.214. The van der Waals surface area contributed by atoms with Crippen LogP contribution in [0, 0.1) is 6.92 Å². The Balaban J connectivity index is 2.28. The molecule has 2 amide bonds. The van der Waals surface area contributed by atoms with Gasteiger partial charge in [-0.3, -0.25) is 5.01 Å². The van der Waals surface area contributed by atoms with Crippen LogP contribution in [0.1, 0.15) is 11.3 Å². The smallest absolute Gasteiger partial charge is 0.352 e. The fourth-order valence-corrected chi connectivity index (χ4v) is 2.33. The summed E-state index contributed by atoms with van der Waals surface area (Å²) in [7, 11) is 1.42. The first-order chi connectivity index (χ1) is 10.9. The first-order valence-electron chi connectivity index (χ1n) is 6.65. The van der Waals surface area contributed by atoms with Crippen molar-refractivity contribution in [3.8, 4) is 5.75 Å². The third kappa shape index (κ3) is 3.95. The van der Waals surface area contributed by atoms with Gasteiger partial charge in [-0.1, -0.05) is 22.0 Å². The zero-order chi connectivity index (χ0) is 17.0. The lowest BCUT2D eigenvalue weighted by Crippen LogP contribution is -2.49. The predicted molar refractivity (Wildman–Crippen MR) is 89.3 cm³/mol. The zero-order valence-corrected chi connectivity index (χ0v) is 14.3. The normalized spacial score (nSPS) is 10.3. The minimum Gasteiger partial charge on any atom is -0.485 e. The van der Waals surface area contributed by atoms with Gasteiger partial charge in [0.2, 0.25) is 0 Å². The SMILES string of the molecule is Cc1ncncc1OCc1c(Br)cccc1N(N)C(=O)N(C)N. The van der Waals surface area contributed by atoms with Crippen LogP contribution in [0.25, 0.3) is 0 Å². The molecule has 8 nitrogen and oxygen atoms in total. The average Bonchev–Trinajstić information content (AvgIpc) is 2.53. The number of anilines is 1. The number of hydrogen-bond donors (Lipinski definition) is 2. The van der Waals surface area contributed by atoms with E-state index in [-0.39, 0.29) is 6.61 Å². The number of ether oxygens (including phenoxy) is 1. The van der Waals surface area contributed by atoms with E-state index < -0.39 is 6.03 Å². The van der Waals surface area contributed by atoms with Crippen molar-refractivity contribution in [3.05, 3.63) is 46.5 Å². The number of nitrogens with zero attached hydrogens (tertiary/aromatic N) is 4. The zero-order valence-electron chi connectivity index (χ0n) is 12.7. The largest absolute Gasteiger partial charge is 0.485 e. The number of hydrogen-bond acceptors (Lipinski definition) is 6. The summed E-state index contributed by atoms with van der Waals surface area (Å²) in [6.45, 7) is 2.00. The van der Waals surface area contributed by atoms with Crippen molar-refractivity contribution in [2.75, 3.05) is 12.1 Å². The molecule has 0 aliphatic heterocycles. The third-order valence-corrected chi connectivity index (χ3v) is 3.84. The second kappa shape index (κ2) is 7.36. The Morgan fingerprint density at radius 3 is 2.78 bits per heavy atom. The molecule has 2 rings (SSSR count). The maximum absolute atomic E-state index is 12.0. The van der Waals surface area contributed by atoms with Gasteiger partial charge in [-0.05, 0) is 19.1 Å². The van der Waals surface area contributed by atoms with E-state index in [0.29, 0.717) is 17.0 Å². The maximum atomic E-state index is 12.0. The van der Waals surface area contributed by atoms with Gasteiger partial charge >= 0.3 is 6.03 Å². The summed E-state index contributed by atoms with van der Waals surface area (Å²) < 4.78 is 6.50. The fourth-order valence-electron chi connectivity index (χ4n) is 1.86. The molecule has 0 aliphatic rings. The number of carbonyl (C=O) groups excluding carboxylic acids is 1. The number of hydrazine groups is 2. The Labute approximate surface area is 142 Å². The van der Waals surface area contributed by atoms with Crippen molar-refractivity contribution in [1.82, 2.24) is 15.0 Å². The number of halogens is 1. The molecule has 0 unspecified atom stereocenters. The number of rotatable bonds is 4. The highest BCUT2D eigenvalue weighted by atomic mass is 79.9. The molecule has 122 valence electrons. The molecule has 1 heterocycles. The topological polar surface area (TPSA) is 111 Å². The van der Waals surface area contributed by atoms with E-state index >= 15 is 0 Å². The van der Waals surface area contributed by atoms with E-state index in [2.05, 4.69) is 25.9 Å². The van der Waals surface area contributed by atoms with Crippen LogP contribution < -0.4 is 21.4 Å². The number of aromatic nitrogens is 2. The molecule has 4 N–H and O–H groups in total. The second-order valence-corrected chi connectivity index (χ2v) is 5.62. The molecule has 0 aliphatic carbocycles. The van der Waals surface area contributed by atoms with Crippen molar-refractivity contribution in [3.63, 3.8) is 0 Å². The molecule has 2 aromatic rings. The Bertz CT molecular complexity index is 709. The molecule has 0 saturated heterocycles. The number of urea groups is 1. The minimum absolute atomic E-state index is 0.181.